The molecule has 0 fully saturated rings. The van der Waals surface area contributed by atoms with Crippen LogP contribution in [0.4, 0.5) is 0 Å². The Labute approximate surface area is 194 Å². The first-order valence-corrected chi connectivity index (χ1v) is 11.2. The van der Waals surface area contributed by atoms with Gasteiger partial charge in [-0.2, -0.15) is 0 Å². The van der Waals surface area contributed by atoms with E-state index in [9.17, 15) is 14.4 Å². The summed E-state index contributed by atoms with van der Waals surface area (Å²) in [7, 11) is 0. The second-order valence-electron chi connectivity index (χ2n) is 7.17. The second-order valence-corrected chi connectivity index (χ2v) is 8.11. The molecule has 4 aromatic rings. The quantitative estimate of drug-likeness (QED) is 0.175. The number of amides is 1. The molecule has 2 aromatic heterocycles. The molecule has 0 saturated carbocycles. The third kappa shape index (κ3) is 5.12. The lowest BCUT2D eigenvalue weighted by molar-refractivity contribution is 0.0947. The highest BCUT2D eigenvalue weighted by Gasteiger charge is 2.15. The van der Waals surface area contributed by atoms with E-state index < -0.39 is 0 Å². The standard InChI is InChI=1S/C25H21N3O4S/c1-2-12-28-24(31)20-11-10-18(23(30)26-15-19-9-6-13-32-19)14-21(20)27-25(28)33-16-22(29)17-7-4-3-5-8-17/h2-11,13-14H,1,12,15-16H2,(H,26,30). The maximum atomic E-state index is 13.1. The van der Waals surface area contributed by atoms with Crippen LogP contribution in [0.15, 0.2) is 93.9 Å². The molecule has 1 amide bonds. The molecule has 0 unspecified atom stereocenters. The number of hydrogen-bond donors (Lipinski definition) is 1. The molecule has 0 aliphatic heterocycles. The zero-order chi connectivity index (χ0) is 23.2. The van der Waals surface area contributed by atoms with Crippen molar-refractivity contribution in [2.24, 2.45) is 0 Å². The van der Waals surface area contributed by atoms with E-state index in [0.29, 0.717) is 32.9 Å². The first-order valence-electron chi connectivity index (χ1n) is 10.2. The van der Waals surface area contributed by atoms with Crippen molar-refractivity contribution in [3.63, 3.8) is 0 Å². The Morgan fingerprint density at radius 1 is 1.09 bits per heavy atom. The molecule has 0 bridgehead atoms. The number of allylic oxidation sites excluding steroid dienone is 1. The molecule has 0 saturated heterocycles. The van der Waals surface area contributed by atoms with Crippen LogP contribution in [0.5, 0.6) is 0 Å². The molecule has 4 rings (SSSR count). The van der Waals surface area contributed by atoms with Gasteiger partial charge in [-0.25, -0.2) is 4.98 Å². The third-order valence-corrected chi connectivity index (χ3v) is 5.90. The van der Waals surface area contributed by atoms with Gasteiger partial charge in [0.15, 0.2) is 10.9 Å². The van der Waals surface area contributed by atoms with E-state index in [1.807, 2.05) is 6.07 Å². The summed E-state index contributed by atoms with van der Waals surface area (Å²) in [6.07, 6.45) is 3.14. The minimum Gasteiger partial charge on any atom is -0.467 e. The fourth-order valence-corrected chi connectivity index (χ4v) is 4.17. The minimum atomic E-state index is -0.307. The maximum Gasteiger partial charge on any atom is 0.262 e. The molecule has 0 atom stereocenters. The highest BCUT2D eigenvalue weighted by Crippen LogP contribution is 2.20. The number of nitrogens with zero attached hydrogens (tertiary/aromatic N) is 2. The molecule has 166 valence electrons. The number of Topliss-reactive ketones (excluding diaryl/α,β-unsaturated/α-hetero) is 1. The number of benzene rings is 2. The van der Waals surface area contributed by atoms with Crippen molar-refractivity contribution < 1.29 is 14.0 Å². The monoisotopic (exact) mass is 459 g/mol. The Balaban J connectivity index is 1.61. The lowest BCUT2D eigenvalue weighted by Crippen LogP contribution is -2.25. The average molecular weight is 460 g/mol. The number of carbonyl (C=O) groups excluding carboxylic acids is 2. The summed E-state index contributed by atoms with van der Waals surface area (Å²) in [4.78, 5) is 42.8. The molecule has 0 aliphatic rings. The molecule has 0 radical (unpaired) electrons. The van der Waals surface area contributed by atoms with E-state index in [0.717, 1.165) is 0 Å². The highest BCUT2D eigenvalue weighted by atomic mass is 32.2. The number of fused-ring (bicyclic) bond motifs is 1. The average Bonchev–Trinajstić information content (AvgIpc) is 3.37. The van der Waals surface area contributed by atoms with Crippen molar-refractivity contribution in [2.75, 3.05) is 5.75 Å². The third-order valence-electron chi connectivity index (χ3n) is 4.93. The summed E-state index contributed by atoms with van der Waals surface area (Å²) in [5.74, 6) is 0.393. The summed E-state index contributed by atoms with van der Waals surface area (Å²) in [5.41, 5.74) is 1.11. The zero-order valence-electron chi connectivity index (χ0n) is 17.7. The number of carbonyl (C=O) groups is 2. The van der Waals surface area contributed by atoms with Crippen LogP contribution in [0.1, 0.15) is 26.5 Å². The van der Waals surface area contributed by atoms with Crippen molar-refractivity contribution in [1.29, 1.82) is 0 Å². The van der Waals surface area contributed by atoms with E-state index in [1.165, 1.54) is 22.6 Å². The summed E-state index contributed by atoms with van der Waals surface area (Å²) in [6.45, 7) is 4.23. The molecule has 0 aliphatic carbocycles. The first-order chi connectivity index (χ1) is 16.1. The summed E-state index contributed by atoms with van der Waals surface area (Å²) in [6, 6.07) is 17.2. The predicted octanol–water partition coefficient (Wildman–Crippen LogP) is 4.08. The van der Waals surface area contributed by atoms with Crippen molar-refractivity contribution in [3.05, 3.63) is 107 Å². The fourth-order valence-electron chi connectivity index (χ4n) is 3.26. The Kier molecular flexibility index (Phi) is 6.85. The van der Waals surface area contributed by atoms with Crippen LogP contribution in [0.25, 0.3) is 10.9 Å². The number of rotatable bonds is 9. The number of furan rings is 1. The van der Waals surface area contributed by atoms with Crippen molar-refractivity contribution in [1.82, 2.24) is 14.9 Å². The zero-order valence-corrected chi connectivity index (χ0v) is 18.5. The van der Waals surface area contributed by atoms with Gasteiger partial charge in [0.25, 0.3) is 11.5 Å². The summed E-state index contributed by atoms with van der Waals surface area (Å²) in [5, 5.41) is 3.56. The number of aromatic nitrogens is 2. The highest BCUT2D eigenvalue weighted by molar-refractivity contribution is 7.99. The van der Waals surface area contributed by atoms with Crippen LogP contribution in [0, 0.1) is 0 Å². The van der Waals surface area contributed by atoms with Crippen LogP contribution in [0.2, 0.25) is 0 Å². The largest absolute Gasteiger partial charge is 0.467 e. The van der Waals surface area contributed by atoms with E-state index >= 15 is 0 Å². The number of ketones is 1. The molecule has 2 heterocycles. The van der Waals surface area contributed by atoms with Gasteiger partial charge in [-0.3, -0.25) is 19.0 Å². The number of nitrogens with one attached hydrogen (secondary N) is 1. The molecule has 0 spiro atoms. The molecular weight excluding hydrogens is 438 g/mol. The van der Waals surface area contributed by atoms with E-state index in [-0.39, 0.29) is 36.1 Å². The van der Waals surface area contributed by atoms with Gasteiger partial charge in [0.1, 0.15) is 5.76 Å². The Bertz CT molecular complexity index is 1360. The van der Waals surface area contributed by atoms with Crippen molar-refractivity contribution in [2.45, 2.75) is 18.2 Å². The predicted molar refractivity (Wildman–Crippen MR) is 128 cm³/mol. The van der Waals surface area contributed by atoms with Gasteiger partial charge in [0, 0.05) is 17.7 Å². The Morgan fingerprint density at radius 3 is 2.64 bits per heavy atom. The van der Waals surface area contributed by atoms with Crippen LogP contribution in [-0.4, -0.2) is 27.0 Å². The van der Waals surface area contributed by atoms with Gasteiger partial charge in [-0.15, -0.1) is 6.58 Å². The first kappa shape index (κ1) is 22.3. The van der Waals surface area contributed by atoms with Gasteiger partial charge in [-0.05, 0) is 30.3 Å². The number of thioether (sulfide) groups is 1. The van der Waals surface area contributed by atoms with Crippen LogP contribution in [0.3, 0.4) is 0 Å². The topological polar surface area (TPSA) is 94.2 Å². The Hall–Kier alpha value is -3.91. The van der Waals surface area contributed by atoms with Crippen molar-refractivity contribution >= 4 is 34.4 Å². The minimum absolute atomic E-state index is 0.0637. The Morgan fingerprint density at radius 2 is 1.91 bits per heavy atom. The maximum absolute atomic E-state index is 13.1. The van der Waals surface area contributed by atoms with Gasteiger partial charge >= 0.3 is 0 Å². The fraction of sp³-hybridized carbons (Fsp3) is 0.120. The normalized spacial score (nSPS) is 10.8. The van der Waals surface area contributed by atoms with Crippen LogP contribution in [-0.2, 0) is 13.1 Å². The van der Waals surface area contributed by atoms with Gasteiger partial charge < -0.3 is 9.73 Å². The van der Waals surface area contributed by atoms with Crippen LogP contribution < -0.4 is 10.9 Å². The second kappa shape index (κ2) is 10.1. The van der Waals surface area contributed by atoms with Gasteiger partial charge in [0.2, 0.25) is 0 Å². The molecular formula is C25H21N3O4S. The summed E-state index contributed by atoms with van der Waals surface area (Å²) < 4.78 is 6.71. The smallest absolute Gasteiger partial charge is 0.262 e. The van der Waals surface area contributed by atoms with Gasteiger partial charge in [-0.1, -0.05) is 48.2 Å². The lowest BCUT2D eigenvalue weighted by atomic mass is 10.1. The summed E-state index contributed by atoms with van der Waals surface area (Å²) >= 11 is 1.18. The van der Waals surface area contributed by atoms with E-state index in [4.69, 9.17) is 4.42 Å². The SMILES string of the molecule is C=CCn1c(SCC(=O)c2ccccc2)nc2cc(C(=O)NCc3ccco3)ccc2c1=O. The van der Waals surface area contributed by atoms with Crippen molar-refractivity contribution in [3.8, 4) is 0 Å². The van der Waals surface area contributed by atoms with E-state index in [1.54, 1.807) is 60.7 Å². The van der Waals surface area contributed by atoms with Gasteiger partial charge in [0.05, 0.1) is 29.5 Å². The molecule has 1 N–H and O–H groups in total. The number of hydrogen-bond acceptors (Lipinski definition) is 6. The van der Waals surface area contributed by atoms with Crippen LogP contribution >= 0.6 is 11.8 Å². The molecule has 8 heteroatoms. The van der Waals surface area contributed by atoms with E-state index in [2.05, 4.69) is 16.9 Å². The molecule has 2 aromatic carbocycles. The molecule has 7 nitrogen and oxygen atoms in total. The molecule has 33 heavy (non-hydrogen) atoms. The lowest BCUT2D eigenvalue weighted by Gasteiger charge is -2.12.